The van der Waals surface area contributed by atoms with Gasteiger partial charge in [-0.05, 0) is 63.2 Å². The lowest BCUT2D eigenvalue weighted by Crippen LogP contribution is -2.31. The molecule has 1 aromatic heterocycles. The fourth-order valence-corrected chi connectivity index (χ4v) is 4.10. The Morgan fingerprint density at radius 1 is 1.03 bits per heavy atom. The predicted molar refractivity (Wildman–Crippen MR) is 126 cm³/mol. The van der Waals surface area contributed by atoms with E-state index >= 15 is 0 Å². The van der Waals surface area contributed by atoms with Crippen LogP contribution in [0.5, 0.6) is 5.75 Å². The number of nitrogens with zero attached hydrogens (tertiary/aromatic N) is 2. The molecule has 0 aliphatic heterocycles. The van der Waals surface area contributed by atoms with Gasteiger partial charge in [-0.15, -0.1) is 0 Å². The van der Waals surface area contributed by atoms with Crippen molar-refractivity contribution in [3.8, 4) is 5.75 Å². The summed E-state index contributed by atoms with van der Waals surface area (Å²) in [6, 6.07) is 13.4. The van der Waals surface area contributed by atoms with Crippen molar-refractivity contribution in [2.45, 2.75) is 37.8 Å². The van der Waals surface area contributed by atoms with Crippen LogP contribution >= 0.6 is 0 Å². The Bertz CT molecular complexity index is 1270. The van der Waals surface area contributed by atoms with Crippen molar-refractivity contribution in [2.24, 2.45) is 0 Å². The molecule has 1 atom stereocenters. The highest BCUT2D eigenvalue weighted by Crippen LogP contribution is 2.21. The van der Waals surface area contributed by atoms with Crippen LogP contribution in [0.15, 0.2) is 65.7 Å². The maximum absolute atomic E-state index is 12.8. The molecule has 10 nitrogen and oxygen atoms in total. The topological polar surface area (TPSA) is 129 Å². The second-order valence-corrected chi connectivity index (χ2v) is 9.34. The van der Waals surface area contributed by atoms with Gasteiger partial charge in [-0.1, -0.05) is 6.07 Å². The molecule has 0 fully saturated rings. The van der Waals surface area contributed by atoms with E-state index < -0.39 is 28.0 Å². The number of hydrogen-bond acceptors (Lipinski definition) is 7. The number of esters is 1. The molecule has 1 unspecified atom stereocenters. The van der Waals surface area contributed by atoms with Gasteiger partial charge in [0.25, 0.3) is 15.9 Å². The lowest BCUT2D eigenvalue weighted by molar-refractivity contribution is -0.123. The lowest BCUT2D eigenvalue weighted by atomic mass is 10.2. The molecule has 2 aromatic carbocycles. The van der Waals surface area contributed by atoms with Crippen LogP contribution in [0.3, 0.4) is 0 Å². The molecule has 34 heavy (non-hydrogen) atoms. The van der Waals surface area contributed by atoms with Crippen LogP contribution in [0, 0.1) is 0 Å². The van der Waals surface area contributed by atoms with Crippen LogP contribution < -0.4 is 14.8 Å². The molecule has 0 aliphatic carbocycles. The van der Waals surface area contributed by atoms with Crippen LogP contribution in [-0.2, 0) is 19.6 Å². The van der Waals surface area contributed by atoms with Crippen molar-refractivity contribution in [1.29, 1.82) is 0 Å². The SMILES string of the molecule is COc1ccc(NS(=O)(=O)c2cccc(C(=O)OC(C)C(=O)Nc3ccnn3C(C)C)c2)cc1. The molecule has 0 radical (unpaired) electrons. The summed E-state index contributed by atoms with van der Waals surface area (Å²) in [6.07, 6.45) is 0.429. The summed E-state index contributed by atoms with van der Waals surface area (Å²) in [6.45, 7) is 5.25. The van der Waals surface area contributed by atoms with Gasteiger partial charge < -0.3 is 14.8 Å². The van der Waals surface area contributed by atoms with Gasteiger partial charge in [0.05, 0.1) is 23.8 Å². The molecule has 0 bridgehead atoms. The zero-order valence-corrected chi connectivity index (χ0v) is 20.0. The van der Waals surface area contributed by atoms with Gasteiger partial charge in [0.15, 0.2) is 6.10 Å². The Balaban J connectivity index is 1.68. The minimum absolute atomic E-state index is 0.00974. The molecular formula is C23H26N4O6S. The van der Waals surface area contributed by atoms with E-state index in [2.05, 4.69) is 15.1 Å². The number of hydrogen-bond donors (Lipinski definition) is 2. The first kappa shape index (κ1) is 24.8. The van der Waals surface area contributed by atoms with Gasteiger partial charge in [-0.25, -0.2) is 17.9 Å². The lowest BCUT2D eigenvalue weighted by Gasteiger charge is -2.16. The van der Waals surface area contributed by atoms with E-state index in [1.54, 1.807) is 41.2 Å². The predicted octanol–water partition coefficient (Wildman–Crippen LogP) is 3.46. The summed E-state index contributed by atoms with van der Waals surface area (Å²) in [7, 11) is -2.46. The maximum atomic E-state index is 12.8. The number of aromatic nitrogens is 2. The van der Waals surface area contributed by atoms with Crippen molar-refractivity contribution in [3.63, 3.8) is 0 Å². The van der Waals surface area contributed by atoms with E-state index in [1.807, 2.05) is 13.8 Å². The molecule has 0 saturated heterocycles. The van der Waals surface area contributed by atoms with E-state index in [1.165, 1.54) is 38.3 Å². The second-order valence-electron chi connectivity index (χ2n) is 7.65. The number of carbonyl (C=O) groups excluding carboxylic acids is 2. The first-order valence-electron chi connectivity index (χ1n) is 10.4. The van der Waals surface area contributed by atoms with Crippen LogP contribution in [0.2, 0.25) is 0 Å². The monoisotopic (exact) mass is 486 g/mol. The fourth-order valence-electron chi connectivity index (χ4n) is 3.00. The number of ether oxygens (including phenoxy) is 2. The molecule has 1 heterocycles. The summed E-state index contributed by atoms with van der Waals surface area (Å²) in [5, 5.41) is 6.80. The molecule has 1 amide bonds. The van der Waals surface area contributed by atoms with Crippen molar-refractivity contribution in [3.05, 3.63) is 66.4 Å². The molecule has 180 valence electrons. The van der Waals surface area contributed by atoms with Gasteiger partial charge in [0.1, 0.15) is 11.6 Å². The third-order valence-electron chi connectivity index (χ3n) is 4.79. The van der Waals surface area contributed by atoms with Crippen molar-refractivity contribution in [1.82, 2.24) is 9.78 Å². The Hall–Kier alpha value is -3.86. The Labute approximate surface area is 197 Å². The standard InChI is InChI=1S/C23H26N4O6S/c1-15(2)27-21(12-13-24-27)25-22(28)16(3)33-23(29)17-6-5-7-20(14-17)34(30,31)26-18-8-10-19(32-4)11-9-18/h5-16,26H,1-4H3,(H,25,28). The third-order valence-corrected chi connectivity index (χ3v) is 6.16. The largest absolute Gasteiger partial charge is 0.497 e. The highest BCUT2D eigenvalue weighted by molar-refractivity contribution is 7.92. The molecule has 0 spiro atoms. The number of amides is 1. The summed E-state index contributed by atoms with van der Waals surface area (Å²) in [4.78, 5) is 25.0. The van der Waals surface area contributed by atoms with E-state index in [4.69, 9.17) is 9.47 Å². The van der Waals surface area contributed by atoms with E-state index in [0.717, 1.165) is 0 Å². The molecular weight excluding hydrogens is 460 g/mol. The van der Waals surface area contributed by atoms with E-state index in [0.29, 0.717) is 17.3 Å². The average molecular weight is 487 g/mol. The zero-order valence-electron chi connectivity index (χ0n) is 19.2. The quantitative estimate of drug-likeness (QED) is 0.443. The maximum Gasteiger partial charge on any atom is 0.338 e. The van der Waals surface area contributed by atoms with Crippen molar-refractivity contribution < 1.29 is 27.5 Å². The summed E-state index contributed by atoms with van der Waals surface area (Å²) < 4.78 is 39.9. The number of carbonyl (C=O) groups is 2. The summed E-state index contributed by atoms with van der Waals surface area (Å²) >= 11 is 0. The van der Waals surface area contributed by atoms with E-state index in [-0.39, 0.29) is 16.5 Å². The summed E-state index contributed by atoms with van der Waals surface area (Å²) in [5.41, 5.74) is 0.323. The number of methoxy groups -OCH3 is 1. The molecule has 3 rings (SSSR count). The first-order valence-corrected chi connectivity index (χ1v) is 11.9. The first-order chi connectivity index (χ1) is 16.1. The van der Waals surface area contributed by atoms with Crippen LogP contribution in [0.25, 0.3) is 0 Å². The van der Waals surface area contributed by atoms with Gasteiger partial charge in [0, 0.05) is 17.8 Å². The molecule has 11 heteroatoms. The van der Waals surface area contributed by atoms with Gasteiger partial charge in [-0.3, -0.25) is 9.52 Å². The number of benzene rings is 2. The second kappa shape index (κ2) is 10.4. The Morgan fingerprint density at radius 3 is 2.38 bits per heavy atom. The molecule has 0 aliphatic rings. The number of sulfonamides is 1. The van der Waals surface area contributed by atoms with Crippen LogP contribution in [-0.4, -0.2) is 43.3 Å². The van der Waals surface area contributed by atoms with Crippen LogP contribution in [0.1, 0.15) is 37.2 Å². The van der Waals surface area contributed by atoms with Crippen molar-refractivity contribution >= 4 is 33.4 Å². The van der Waals surface area contributed by atoms with Crippen LogP contribution in [0.4, 0.5) is 11.5 Å². The van der Waals surface area contributed by atoms with Gasteiger partial charge in [-0.2, -0.15) is 5.10 Å². The molecule has 2 N–H and O–H groups in total. The van der Waals surface area contributed by atoms with Gasteiger partial charge >= 0.3 is 5.97 Å². The smallest absolute Gasteiger partial charge is 0.338 e. The molecule has 3 aromatic rings. The fraction of sp³-hybridized carbons (Fsp3) is 0.261. The number of nitrogens with one attached hydrogen (secondary N) is 2. The Kier molecular flexibility index (Phi) is 7.57. The summed E-state index contributed by atoms with van der Waals surface area (Å²) in [5.74, 6) is -0.317. The molecule has 0 saturated carbocycles. The van der Waals surface area contributed by atoms with Gasteiger partial charge in [0.2, 0.25) is 0 Å². The third kappa shape index (κ3) is 5.93. The minimum Gasteiger partial charge on any atom is -0.497 e. The normalized spacial score (nSPS) is 12.1. The van der Waals surface area contributed by atoms with E-state index in [9.17, 15) is 18.0 Å². The zero-order chi connectivity index (χ0) is 24.9. The number of rotatable bonds is 9. The minimum atomic E-state index is -3.97. The Morgan fingerprint density at radius 2 is 1.74 bits per heavy atom. The highest BCUT2D eigenvalue weighted by atomic mass is 32.2. The number of anilines is 2. The highest BCUT2D eigenvalue weighted by Gasteiger charge is 2.22. The average Bonchev–Trinajstić information content (AvgIpc) is 3.28. The van der Waals surface area contributed by atoms with Crippen molar-refractivity contribution in [2.75, 3.05) is 17.1 Å².